The molecule has 0 bridgehead atoms. The van der Waals surface area contributed by atoms with Crippen molar-refractivity contribution >= 4 is 0 Å². The Morgan fingerprint density at radius 1 is 1.17 bits per heavy atom. The van der Waals surface area contributed by atoms with Crippen LogP contribution in [0.3, 0.4) is 0 Å². The first-order valence-corrected chi connectivity index (χ1v) is 4.96. The third kappa shape index (κ3) is 5.56. The Labute approximate surface area is 76.2 Å². The zero-order valence-corrected chi connectivity index (χ0v) is 8.59. The van der Waals surface area contributed by atoms with Gasteiger partial charge in [0.25, 0.3) is 0 Å². The topological polar surface area (TPSA) is 46.2 Å². The summed E-state index contributed by atoms with van der Waals surface area (Å²) in [7, 11) is 0. The lowest BCUT2D eigenvalue weighted by Crippen LogP contribution is -2.25. The van der Waals surface area contributed by atoms with Crippen molar-refractivity contribution in [1.29, 1.82) is 0 Å². The molecular formula is C10H23NO. The molecule has 0 fully saturated rings. The molecule has 0 aliphatic rings. The molecule has 0 radical (unpaired) electrons. The first kappa shape index (κ1) is 11.9. The van der Waals surface area contributed by atoms with Crippen molar-refractivity contribution in [3.63, 3.8) is 0 Å². The van der Waals surface area contributed by atoms with Crippen LogP contribution >= 0.6 is 0 Å². The molecule has 2 nitrogen and oxygen atoms in total. The van der Waals surface area contributed by atoms with Crippen LogP contribution in [0.1, 0.15) is 40.0 Å². The normalized spacial score (nSPS) is 16.5. The van der Waals surface area contributed by atoms with Crippen molar-refractivity contribution in [3.8, 4) is 0 Å². The average Bonchev–Trinajstić information content (AvgIpc) is 2.02. The third-order valence-corrected chi connectivity index (χ3v) is 2.31. The summed E-state index contributed by atoms with van der Waals surface area (Å²) in [5.74, 6) is 0.988. The summed E-state index contributed by atoms with van der Waals surface area (Å²) in [6.07, 6.45) is 3.02. The molecule has 0 amide bonds. The highest BCUT2D eigenvalue weighted by Crippen LogP contribution is 2.12. The fourth-order valence-electron chi connectivity index (χ4n) is 1.18. The predicted molar refractivity (Wildman–Crippen MR) is 52.9 cm³/mol. The maximum absolute atomic E-state index is 9.55. The van der Waals surface area contributed by atoms with Gasteiger partial charge in [-0.25, -0.2) is 0 Å². The Kier molecular flexibility index (Phi) is 6.39. The molecule has 2 unspecified atom stereocenters. The summed E-state index contributed by atoms with van der Waals surface area (Å²) in [5, 5.41) is 9.55. The first-order chi connectivity index (χ1) is 5.57. The van der Waals surface area contributed by atoms with Gasteiger partial charge in [0.2, 0.25) is 0 Å². The van der Waals surface area contributed by atoms with Crippen molar-refractivity contribution in [1.82, 2.24) is 0 Å². The van der Waals surface area contributed by atoms with E-state index in [0.29, 0.717) is 6.54 Å². The van der Waals surface area contributed by atoms with Crippen LogP contribution in [0.5, 0.6) is 0 Å². The maximum Gasteiger partial charge on any atom is 0.0577 e. The Morgan fingerprint density at radius 2 is 1.75 bits per heavy atom. The second-order valence-electron chi connectivity index (χ2n) is 4.11. The lowest BCUT2D eigenvalue weighted by molar-refractivity contribution is 0.107. The van der Waals surface area contributed by atoms with Crippen LogP contribution in [0.4, 0.5) is 0 Å². The van der Waals surface area contributed by atoms with E-state index in [-0.39, 0.29) is 12.0 Å². The van der Waals surface area contributed by atoms with Gasteiger partial charge in [0.1, 0.15) is 0 Å². The molecule has 0 aromatic heterocycles. The molecule has 2 heteroatoms. The van der Waals surface area contributed by atoms with E-state index in [4.69, 9.17) is 5.73 Å². The van der Waals surface area contributed by atoms with E-state index in [2.05, 4.69) is 13.8 Å². The molecule has 0 spiro atoms. The van der Waals surface area contributed by atoms with E-state index in [1.807, 2.05) is 6.92 Å². The Hall–Kier alpha value is -0.0800. The smallest absolute Gasteiger partial charge is 0.0577 e. The SMILES string of the molecule is CC(C)CCCC(O)C(C)CN. The van der Waals surface area contributed by atoms with Gasteiger partial charge in [0.15, 0.2) is 0 Å². The zero-order chi connectivity index (χ0) is 9.56. The highest BCUT2D eigenvalue weighted by Gasteiger charge is 2.11. The molecule has 0 aromatic carbocycles. The lowest BCUT2D eigenvalue weighted by Gasteiger charge is -2.16. The number of aliphatic hydroxyl groups excluding tert-OH is 1. The largest absolute Gasteiger partial charge is 0.393 e. The minimum Gasteiger partial charge on any atom is -0.393 e. The summed E-state index contributed by atoms with van der Waals surface area (Å²) in [5.41, 5.74) is 5.44. The predicted octanol–water partition coefficient (Wildman–Crippen LogP) is 1.77. The fraction of sp³-hybridized carbons (Fsp3) is 1.00. The highest BCUT2D eigenvalue weighted by molar-refractivity contribution is 4.65. The Morgan fingerprint density at radius 3 is 2.17 bits per heavy atom. The van der Waals surface area contributed by atoms with Crippen LogP contribution in [0, 0.1) is 11.8 Å². The summed E-state index contributed by atoms with van der Waals surface area (Å²) in [6.45, 7) is 7.00. The molecule has 0 heterocycles. The number of hydrogen-bond donors (Lipinski definition) is 2. The second kappa shape index (κ2) is 6.44. The molecule has 0 aliphatic heterocycles. The maximum atomic E-state index is 9.55. The van der Waals surface area contributed by atoms with Crippen molar-refractivity contribution < 1.29 is 5.11 Å². The van der Waals surface area contributed by atoms with Crippen molar-refractivity contribution in [2.24, 2.45) is 17.6 Å². The molecule has 0 saturated carbocycles. The number of rotatable bonds is 6. The van der Waals surface area contributed by atoms with Gasteiger partial charge >= 0.3 is 0 Å². The minimum absolute atomic E-state index is 0.200. The van der Waals surface area contributed by atoms with Gasteiger partial charge in [0.05, 0.1) is 6.10 Å². The summed E-state index contributed by atoms with van der Waals surface area (Å²) in [6, 6.07) is 0. The van der Waals surface area contributed by atoms with Crippen LogP contribution in [0.25, 0.3) is 0 Å². The third-order valence-electron chi connectivity index (χ3n) is 2.31. The summed E-state index contributed by atoms with van der Waals surface area (Å²) >= 11 is 0. The Bertz CT molecular complexity index is 104. The van der Waals surface area contributed by atoms with Crippen LogP contribution in [0.15, 0.2) is 0 Å². The molecular weight excluding hydrogens is 150 g/mol. The number of nitrogens with two attached hydrogens (primary N) is 1. The quantitative estimate of drug-likeness (QED) is 0.643. The van der Waals surface area contributed by atoms with Crippen molar-refractivity contribution in [2.45, 2.75) is 46.1 Å². The van der Waals surface area contributed by atoms with Crippen LogP contribution in [0.2, 0.25) is 0 Å². The van der Waals surface area contributed by atoms with Crippen molar-refractivity contribution in [3.05, 3.63) is 0 Å². The highest BCUT2D eigenvalue weighted by atomic mass is 16.3. The van der Waals surface area contributed by atoms with Crippen LogP contribution in [-0.2, 0) is 0 Å². The van der Waals surface area contributed by atoms with E-state index < -0.39 is 0 Å². The van der Waals surface area contributed by atoms with Crippen LogP contribution < -0.4 is 5.73 Å². The second-order valence-corrected chi connectivity index (χ2v) is 4.11. The molecule has 0 aromatic rings. The van der Waals surface area contributed by atoms with E-state index in [1.165, 1.54) is 6.42 Å². The molecule has 3 N–H and O–H groups in total. The monoisotopic (exact) mass is 173 g/mol. The van der Waals surface area contributed by atoms with Gasteiger partial charge in [0, 0.05) is 0 Å². The number of aliphatic hydroxyl groups is 1. The van der Waals surface area contributed by atoms with Crippen molar-refractivity contribution in [2.75, 3.05) is 6.54 Å². The van der Waals surface area contributed by atoms with E-state index in [1.54, 1.807) is 0 Å². The lowest BCUT2D eigenvalue weighted by atomic mass is 9.97. The van der Waals surface area contributed by atoms with Gasteiger partial charge in [-0.1, -0.05) is 33.6 Å². The molecule has 0 rings (SSSR count). The van der Waals surface area contributed by atoms with E-state index in [9.17, 15) is 5.11 Å². The fourth-order valence-corrected chi connectivity index (χ4v) is 1.18. The van der Waals surface area contributed by atoms with Gasteiger partial charge in [-0.15, -0.1) is 0 Å². The van der Waals surface area contributed by atoms with Gasteiger partial charge in [-0.2, -0.15) is 0 Å². The molecule has 0 aliphatic carbocycles. The van der Waals surface area contributed by atoms with Crippen LogP contribution in [-0.4, -0.2) is 17.8 Å². The summed E-state index contributed by atoms with van der Waals surface area (Å²) in [4.78, 5) is 0. The molecule has 12 heavy (non-hydrogen) atoms. The molecule has 74 valence electrons. The standard InChI is InChI=1S/C10H23NO/c1-8(2)5-4-6-10(12)9(3)7-11/h8-10,12H,4-7,11H2,1-3H3. The zero-order valence-electron chi connectivity index (χ0n) is 8.59. The number of hydrogen-bond acceptors (Lipinski definition) is 2. The van der Waals surface area contributed by atoms with Gasteiger partial charge in [-0.05, 0) is 24.8 Å². The van der Waals surface area contributed by atoms with Gasteiger partial charge in [-0.3, -0.25) is 0 Å². The minimum atomic E-state index is -0.200. The molecule has 2 atom stereocenters. The van der Waals surface area contributed by atoms with Gasteiger partial charge < -0.3 is 10.8 Å². The summed E-state index contributed by atoms with van der Waals surface area (Å²) < 4.78 is 0. The van der Waals surface area contributed by atoms with E-state index >= 15 is 0 Å². The first-order valence-electron chi connectivity index (χ1n) is 4.96. The average molecular weight is 173 g/mol. The molecule has 0 saturated heterocycles. The Balaban J connectivity index is 3.37. The van der Waals surface area contributed by atoms with E-state index in [0.717, 1.165) is 18.8 Å².